The third-order valence-electron chi connectivity index (χ3n) is 6.47. The van der Waals surface area contributed by atoms with Crippen LogP contribution in [0.4, 0.5) is 11.4 Å². The molecule has 4 aromatic carbocycles. The molecule has 0 heterocycles. The highest BCUT2D eigenvalue weighted by molar-refractivity contribution is 7.87. The van der Waals surface area contributed by atoms with Crippen molar-refractivity contribution in [2.24, 2.45) is 10.2 Å². The van der Waals surface area contributed by atoms with E-state index in [1.165, 1.54) is 86.6 Å². The molecule has 4 rings (SSSR count). The molecular weight excluding hydrogens is 700 g/mol. The highest BCUT2D eigenvalue weighted by Crippen LogP contribution is 2.26. The second-order valence-corrected chi connectivity index (χ2v) is 13.1. The van der Waals surface area contributed by atoms with Gasteiger partial charge in [0.05, 0.1) is 22.3 Å². The van der Waals surface area contributed by atoms with Gasteiger partial charge in [-0.2, -0.15) is 27.0 Å². The molecule has 0 fully saturated rings. The number of carbonyl (C=O) groups is 2. The lowest BCUT2D eigenvalue weighted by Gasteiger charge is -2.08. The van der Waals surface area contributed by atoms with Crippen molar-refractivity contribution in [3.8, 4) is 11.5 Å². The summed E-state index contributed by atoms with van der Waals surface area (Å²) in [4.78, 5) is 44.1. The van der Waals surface area contributed by atoms with Crippen LogP contribution in [0.5, 0.6) is 11.5 Å². The first-order valence-electron chi connectivity index (χ1n) is 13.8. The molecule has 0 atom stereocenters. The van der Waals surface area contributed by atoms with Crippen LogP contribution in [-0.4, -0.2) is 50.9 Å². The number of carbonyl (C=O) groups excluding carboxylic acids is 2. The molecule has 2 amide bonds. The van der Waals surface area contributed by atoms with Crippen molar-refractivity contribution in [2.45, 2.75) is 23.6 Å². The third-order valence-corrected chi connectivity index (χ3v) is 8.96. The molecule has 0 aromatic heterocycles. The lowest BCUT2D eigenvalue weighted by Crippen LogP contribution is -2.35. The van der Waals surface area contributed by atoms with E-state index in [2.05, 4.69) is 10.2 Å². The Morgan fingerprint density at radius 1 is 0.620 bits per heavy atom. The first-order chi connectivity index (χ1) is 23.6. The predicted octanol–water partition coefficient (Wildman–Crippen LogP) is 3.26. The smallest absolute Gasteiger partial charge is 0.339 e. The number of hydrazone groups is 2. The van der Waals surface area contributed by atoms with Crippen LogP contribution in [0.25, 0.3) is 0 Å². The number of aryl methyl sites for hydroxylation is 2. The molecule has 258 valence electrons. The number of nitrogens with zero attached hydrogens (tertiary/aromatic N) is 4. The van der Waals surface area contributed by atoms with Gasteiger partial charge < -0.3 is 8.37 Å². The largest absolute Gasteiger partial charge is 0.379 e. The van der Waals surface area contributed by atoms with Crippen molar-refractivity contribution < 1.29 is 44.6 Å². The zero-order valence-corrected chi connectivity index (χ0v) is 27.4. The molecule has 4 aromatic rings. The van der Waals surface area contributed by atoms with Crippen LogP contribution < -0.4 is 19.2 Å². The van der Waals surface area contributed by atoms with Crippen molar-refractivity contribution in [2.75, 3.05) is 0 Å². The van der Waals surface area contributed by atoms with Gasteiger partial charge >= 0.3 is 32.1 Å². The Hall–Kier alpha value is -6.54. The van der Waals surface area contributed by atoms with Crippen molar-refractivity contribution in [1.82, 2.24) is 10.9 Å². The van der Waals surface area contributed by atoms with Gasteiger partial charge in [-0.1, -0.05) is 12.1 Å². The van der Waals surface area contributed by atoms with Crippen LogP contribution in [0.15, 0.2) is 105 Å². The van der Waals surface area contributed by atoms with E-state index in [1.807, 2.05) is 10.9 Å². The predicted molar refractivity (Wildman–Crippen MR) is 176 cm³/mol. The van der Waals surface area contributed by atoms with Crippen LogP contribution in [0, 0.1) is 34.1 Å². The summed E-state index contributed by atoms with van der Waals surface area (Å²) in [5, 5.41) is 29.5. The average molecular weight is 725 g/mol. The lowest BCUT2D eigenvalue weighted by atomic mass is 10.2. The van der Waals surface area contributed by atoms with Gasteiger partial charge in [-0.3, -0.25) is 29.8 Å². The fourth-order valence-electron chi connectivity index (χ4n) is 3.88. The molecular formula is C30H24N6O12S2. The molecule has 0 saturated heterocycles. The van der Waals surface area contributed by atoms with Gasteiger partial charge in [-0.15, -0.1) is 0 Å². The minimum Gasteiger partial charge on any atom is -0.379 e. The zero-order chi connectivity index (χ0) is 36.6. The van der Waals surface area contributed by atoms with Crippen molar-refractivity contribution in [3.05, 3.63) is 127 Å². The maximum Gasteiger partial charge on any atom is 0.339 e. The monoisotopic (exact) mass is 724 g/mol. The normalized spacial score (nSPS) is 11.6. The van der Waals surface area contributed by atoms with Gasteiger partial charge in [0.25, 0.3) is 11.4 Å². The van der Waals surface area contributed by atoms with E-state index in [1.54, 1.807) is 0 Å². The fraction of sp³-hybridized carbons (Fsp3) is 0.0667. The summed E-state index contributed by atoms with van der Waals surface area (Å²) in [5.74, 6) is -2.56. The van der Waals surface area contributed by atoms with E-state index in [0.717, 1.165) is 24.6 Å². The van der Waals surface area contributed by atoms with Gasteiger partial charge in [-0.05, 0) is 85.6 Å². The summed E-state index contributed by atoms with van der Waals surface area (Å²) in [6.07, 6.45) is 2.31. The van der Waals surface area contributed by atoms with Gasteiger partial charge in [0.1, 0.15) is 21.3 Å². The van der Waals surface area contributed by atoms with Crippen LogP contribution in [0.3, 0.4) is 0 Å². The first-order valence-corrected chi connectivity index (χ1v) is 16.6. The Morgan fingerprint density at radius 2 is 0.960 bits per heavy atom. The molecule has 0 bridgehead atoms. The van der Waals surface area contributed by atoms with E-state index in [0.29, 0.717) is 11.1 Å². The Labute approximate surface area is 283 Å². The molecule has 0 saturated carbocycles. The Morgan fingerprint density at radius 3 is 1.28 bits per heavy atom. The molecule has 0 aliphatic heterocycles. The number of nitro groups is 2. The number of benzene rings is 4. The van der Waals surface area contributed by atoms with E-state index < -0.39 is 51.7 Å². The second-order valence-electron chi connectivity index (χ2n) is 10.0. The molecule has 0 radical (unpaired) electrons. The minimum atomic E-state index is -4.38. The molecule has 50 heavy (non-hydrogen) atoms. The Balaban J connectivity index is 1.26. The minimum absolute atomic E-state index is 0.102. The maximum absolute atomic E-state index is 12.6. The molecule has 20 heteroatoms. The summed E-state index contributed by atoms with van der Waals surface area (Å²) in [6, 6.07) is 17.4. The Bertz CT molecular complexity index is 2100. The molecule has 0 aliphatic rings. The van der Waals surface area contributed by atoms with Crippen LogP contribution >= 0.6 is 0 Å². The van der Waals surface area contributed by atoms with Gasteiger partial charge in [0.15, 0.2) is 0 Å². The number of nitro benzene ring substituents is 2. The average Bonchev–Trinajstić information content (AvgIpc) is 3.06. The standard InChI is InChI=1S/C30H24N6O12S2/c1-19-3-13-25(15-27(19)35(39)40)49(43,44)47-23-9-5-21(6-10-23)17-31-33-29(37)30(38)34-32-18-22-7-11-24(12-8-22)48-50(45,46)26-14-4-20(2)28(16-26)36(41)42/h3-18H,1-2H3,(H,33,37)(H,34,38)/b31-17+,32-18+. The Kier molecular flexibility index (Phi) is 11.0. The first kappa shape index (κ1) is 36.3. The van der Waals surface area contributed by atoms with Crippen LogP contribution in [0.1, 0.15) is 22.3 Å². The fourth-order valence-corrected chi connectivity index (χ4v) is 5.79. The summed E-state index contributed by atoms with van der Waals surface area (Å²) < 4.78 is 60.3. The van der Waals surface area contributed by atoms with Crippen molar-refractivity contribution in [1.29, 1.82) is 0 Å². The van der Waals surface area contributed by atoms with E-state index >= 15 is 0 Å². The summed E-state index contributed by atoms with van der Waals surface area (Å²) in [6.45, 7) is 2.93. The van der Waals surface area contributed by atoms with Gasteiger partial charge in [-0.25, -0.2) is 10.9 Å². The quantitative estimate of drug-likeness (QED) is 0.0702. The highest BCUT2D eigenvalue weighted by atomic mass is 32.2. The van der Waals surface area contributed by atoms with Gasteiger partial charge in [0.2, 0.25) is 0 Å². The maximum atomic E-state index is 12.6. The summed E-state index contributed by atoms with van der Waals surface area (Å²) in [5.41, 5.74) is 4.51. The molecule has 0 aliphatic carbocycles. The lowest BCUT2D eigenvalue weighted by molar-refractivity contribution is -0.385. The topological polar surface area (TPSA) is 256 Å². The van der Waals surface area contributed by atoms with Crippen molar-refractivity contribution >= 4 is 55.9 Å². The van der Waals surface area contributed by atoms with E-state index in [4.69, 9.17) is 8.37 Å². The summed E-state index contributed by atoms with van der Waals surface area (Å²) in [7, 11) is -8.76. The molecule has 0 unspecified atom stereocenters. The molecule has 2 N–H and O–H groups in total. The van der Waals surface area contributed by atoms with Gasteiger partial charge in [0, 0.05) is 23.3 Å². The van der Waals surface area contributed by atoms with Crippen LogP contribution in [-0.2, 0) is 29.8 Å². The number of hydrogen-bond acceptors (Lipinski definition) is 14. The number of nitrogens with one attached hydrogen (secondary N) is 2. The third kappa shape index (κ3) is 9.29. The SMILES string of the molecule is Cc1ccc(S(=O)(=O)Oc2ccc(/C=N/NC(=O)C(=O)N/N=C/c3ccc(OS(=O)(=O)c4ccc(C)c([N+](=O)[O-])c4)cc3)cc2)cc1[N+](=O)[O-]. The molecule has 0 spiro atoms. The van der Waals surface area contributed by atoms with Crippen LogP contribution in [0.2, 0.25) is 0 Å². The zero-order valence-electron chi connectivity index (χ0n) is 25.7. The number of amides is 2. The second kappa shape index (κ2) is 15.1. The molecule has 18 nitrogen and oxygen atoms in total. The highest BCUT2D eigenvalue weighted by Gasteiger charge is 2.23. The van der Waals surface area contributed by atoms with Crippen molar-refractivity contribution in [3.63, 3.8) is 0 Å². The van der Waals surface area contributed by atoms with E-state index in [-0.39, 0.29) is 34.0 Å². The summed E-state index contributed by atoms with van der Waals surface area (Å²) >= 11 is 0. The number of rotatable bonds is 12. The van der Waals surface area contributed by atoms with E-state index in [9.17, 15) is 46.7 Å². The number of hydrogen-bond donors (Lipinski definition) is 2.